The van der Waals surface area contributed by atoms with Gasteiger partial charge >= 0.3 is 5.97 Å². The van der Waals surface area contributed by atoms with Gasteiger partial charge in [0.1, 0.15) is 5.56 Å². The highest BCUT2D eigenvalue weighted by atomic mass is 19.1. The van der Waals surface area contributed by atoms with E-state index in [2.05, 4.69) is 10.1 Å². The number of nitro groups is 1. The average molecular weight is 272 g/mol. The molecule has 1 rings (SSSR count). The van der Waals surface area contributed by atoms with Gasteiger partial charge in [0, 0.05) is 6.54 Å². The molecule has 0 heterocycles. The fraction of sp³-hybridized carbons (Fsp3) is 0.364. The van der Waals surface area contributed by atoms with Crippen molar-refractivity contribution in [2.45, 2.75) is 6.92 Å². The molecule has 0 radical (unpaired) electrons. The summed E-state index contributed by atoms with van der Waals surface area (Å²) in [6, 6.07) is 1.65. The Balaban J connectivity index is 3.22. The zero-order valence-corrected chi connectivity index (χ0v) is 10.2. The number of carbonyl (C=O) groups is 1. The van der Waals surface area contributed by atoms with Gasteiger partial charge in [0.15, 0.2) is 5.82 Å². The van der Waals surface area contributed by atoms with Gasteiger partial charge in [-0.3, -0.25) is 10.1 Å². The number of rotatable bonds is 6. The van der Waals surface area contributed by atoms with Gasteiger partial charge in [-0.25, -0.2) is 9.18 Å². The Kier molecular flexibility index (Phi) is 5.19. The predicted octanol–water partition coefficient (Wildman–Crippen LogP) is 1.31. The Bertz CT molecular complexity index is 492. The lowest BCUT2D eigenvalue weighted by Crippen LogP contribution is -2.12. The summed E-state index contributed by atoms with van der Waals surface area (Å²) in [5, 5.41) is 21.9. The second-order valence-electron chi connectivity index (χ2n) is 3.48. The molecule has 0 aromatic heterocycles. The van der Waals surface area contributed by atoms with Gasteiger partial charge < -0.3 is 15.2 Å². The van der Waals surface area contributed by atoms with Crippen molar-refractivity contribution in [3.63, 3.8) is 0 Å². The number of benzene rings is 1. The van der Waals surface area contributed by atoms with Crippen LogP contribution in [0.5, 0.6) is 0 Å². The standard InChI is InChI=1S/C11H13FN2O5/c1-2-19-11(16)7-5-9(13-3-4-15)8(12)6-10(7)14(17)18/h5-6,13,15H,2-4H2,1H3. The molecule has 0 fully saturated rings. The highest BCUT2D eigenvalue weighted by molar-refractivity contribution is 5.95. The average Bonchev–Trinajstić information content (AvgIpc) is 2.37. The molecule has 0 spiro atoms. The summed E-state index contributed by atoms with van der Waals surface area (Å²) in [4.78, 5) is 21.5. The molecule has 1 aromatic rings. The summed E-state index contributed by atoms with van der Waals surface area (Å²) in [6.45, 7) is 1.41. The van der Waals surface area contributed by atoms with Crippen LogP contribution in [0.3, 0.4) is 0 Å². The van der Waals surface area contributed by atoms with Crippen molar-refractivity contribution < 1.29 is 24.0 Å². The number of nitro benzene ring substituents is 1. The van der Waals surface area contributed by atoms with Crippen LogP contribution < -0.4 is 5.32 Å². The Morgan fingerprint density at radius 3 is 2.79 bits per heavy atom. The topological polar surface area (TPSA) is 102 Å². The Morgan fingerprint density at radius 1 is 1.58 bits per heavy atom. The molecule has 2 N–H and O–H groups in total. The van der Waals surface area contributed by atoms with E-state index in [0.717, 1.165) is 6.07 Å². The SMILES string of the molecule is CCOC(=O)c1cc(NCCO)c(F)cc1[N+](=O)[O-]. The molecule has 104 valence electrons. The van der Waals surface area contributed by atoms with Crippen LogP contribution in [0.1, 0.15) is 17.3 Å². The quantitative estimate of drug-likeness (QED) is 0.460. The molecule has 0 aliphatic heterocycles. The Labute approximate surface area is 108 Å². The number of nitrogens with one attached hydrogen (secondary N) is 1. The van der Waals surface area contributed by atoms with Crippen LogP contribution in [0.4, 0.5) is 15.8 Å². The fourth-order valence-electron chi connectivity index (χ4n) is 1.41. The van der Waals surface area contributed by atoms with Crippen LogP contribution in [0.15, 0.2) is 12.1 Å². The largest absolute Gasteiger partial charge is 0.462 e. The first kappa shape index (κ1) is 14.8. The lowest BCUT2D eigenvalue weighted by Gasteiger charge is -2.09. The van der Waals surface area contributed by atoms with Gasteiger partial charge in [-0.2, -0.15) is 0 Å². The molecule has 19 heavy (non-hydrogen) atoms. The van der Waals surface area contributed by atoms with Crippen molar-refractivity contribution in [3.05, 3.63) is 33.6 Å². The van der Waals surface area contributed by atoms with Gasteiger partial charge in [-0.15, -0.1) is 0 Å². The number of halogens is 1. The third-order valence-corrected chi connectivity index (χ3v) is 2.20. The highest BCUT2D eigenvalue weighted by Crippen LogP contribution is 2.26. The van der Waals surface area contributed by atoms with Crippen LogP contribution in [-0.4, -0.2) is 35.8 Å². The number of ether oxygens (including phenoxy) is 1. The number of hydrogen-bond donors (Lipinski definition) is 2. The number of esters is 1. The predicted molar refractivity (Wildman–Crippen MR) is 64.6 cm³/mol. The summed E-state index contributed by atoms with van der Waals surface area (Å²) in [7, 11) is 0. The second kappa shape index (κ2) is 6.64. The van der Waals surface area contributed by atoms with Crippen LogP contribution in [-0.2, 0) is 4.74 Å². The molecule has 0 bridgehead atoms. The number of aliphatic hydroxyl groups excluding tert-OH is 1. The molecule has 0 aliphatic rings. The first-order valence-corrected chi connectivity index (χ1v) is 5.51. The van der Waals surface area contributed by atoms with Gasteiger partial charge in [-0.1, -0.05) is 0 Å². The van der Waals surface area contributed by atoms with Crippen molar-refractivity contribution in [2.75, 3.05) is 25.1 Å². The lowest BCUT2D eigenvalue weighted by atomic mass is 10.1. The smallest absolute Gasteiger partial charge is 0.345 e. The van der Waals surface area contributed by atoms with Gasteiger partial charge in [-0.05, 0) is 13.0 Å². The summed E-state index contributed by atoms with van der Waals surface area (Å²) in [5.74, 6) is -1.78. The molecular weight excluding hydrogens is 259 g/mol. The third-order valence-electron chi connectivity index (χ3n) is 2.20. The van der Waals surface area contributed by atoms with Gasteiger partial charge in [0.25, 0.3) is 5.69 Å². The number of nitrogens with zero attached hydrogens (tertiary/aromatic N) is 1. The van der Waals surface area contributed by atoms with Crippen LogP contribution in [0.25, 0.3) is 0 Å². The van der Waals surface area contributed by atoms with E-state index in [1.165, 1.54) is 0 Å². The first-order valence-electron chi connectivity index (χ1n) is 5.51. The summed E-state index contributed by atoms with van der Waals surface area (Å²) >= 11 is 0. The van der Waals surface area contributed by atoms with Gasteiger partial charge in [0.05, 0.1) is 29.9 Å². The van der Waals surface area contributed by atoms with E-state index in [1.807, 2.05) is 0 Å². The van der Waals surface area contributed by atoms with E-state index in [-0.39, 0.29) is 31.0 Å². The molecule has 0 aliphatic carbocycles. The van der Waals surface area contributed by atoms with Crippen molar-refractivity contribution in [2.24, 2.45) is 0 Å². The fourth-order valence-corrected chi connectivity index (χ4v) is 1.41. The van der Waals surface area contributed by atoms with E-state index < -0.39 is 22.4 Å². The van der Waals surface area contributed by atoms with Gasteiger partial charge in [0.2, 0.25) is 0 Å². The van der Waals surface area contributed by atoms with E-state index in [4.69, 9.17) is 5.11 Å². The maximum atomic E-state index is 13.6. The van der Waals surface area contributed by atoms with Crippen molar-refractivity contribution in [1.29, 1.82) is 0 Å². The number of anilines is 1. The number of aliphatic hydroxyl groups is 1. The molecule has 0 atom stereocenters. The third kappa shape index (κ3) is 3.62. The van der Waals surface area contributed by atoms with E-state index in [0.29, 0.717) is 6.07 Å². The Morgan fingerprint density at radius 2 is 2.26 bits per heavy atom. The number of hydrogen-bond acceptors (Lipinski definition) is 6. The monoisotopic (exact) mass is 272 g/mol. The summed E-state index contributed by atoms with van der Waals surface area (Å²) < 4.78 is 18.2. The van der Waals surface area contributed by atoms with E-state index >= 15 is 0 Å². The first-order chi connectivity index (χ1) is 9.01. The Hall–Kier alpha value is -2.22. The zero-order valence-electron chi connectivity index (χ0n) is 10.2. The van der Waals surface area contributed by atoms with Crippen LogP contribution in [0, 0.1) is 15.9 Å². The van der Waals surface area contributed by atoms with Crippen molar-refractivity contribution in [3.8, 4) is 0 Å². The summed E-state index contributed by atoms with van der Waals surface area (Å²) in [5.41, 5.74) is -1.11. The minimum atomic E-state index is -0.902. The molecular formula is C11H13FN2O5. The van der Waals surface area contributed by atoms with E-state index in [9.17, 15) is 19.3 Å². The molecule has 7 nitrogen and oxygen atoms in total. The normalized spacial score (nSPS) is 10.1. The van der Waals surface area contributed by atoms with Crippen LogP contribution in [0.2, 0.25) is 0 Å². The molecule has 8 heteroatoms. The summed E-state index contributed by atoms with van der Waals surface area (Å²) in [6.07, 6.45) is 0. The molecule has 0 saturated heterocycles. The minimum absolute atomic E-state index is 0.0484. The molecule has 1 aromatic carbocycles. The highest BCUT2D eigenvalue weighted by Gasteiger charge is 2.24. The van der Waals surface area contributed by atoms with Crippen LogP contribution >= 0.6 is 0 Å². The molecule has 0 unspecified atom stereocenters. The van der Waals surface area contributed by atoms with Crippen molar-refractivity contribution >= 4 is 17.3 Å². The second-order valence-corrected chi connectivity index (χ2v) is 3.48. The van der Waals surface area contributed by atoms with Crippen molar-refractivity contribution in [1.82, 2.24) is 0 Å². The zero-order chi connectivity index (χ0) is 14.4. The maximum absolute atomic E-state index is 13.6. The number of carbonyl (C=O) groups excluding carboxylic acids is 1. The minimum Gasteiger partial charge on any atom is -0.462 e. The molecule has 0 amide bonds. The lowest BCUT2D eigenvalue weighted by molar-refractivity contribution is -0.385. The van der Waals surface area contributed by atoms with E-state index in [1.54, 1.807) is 6.92 Å². The molecule has 0 saturated carbocycles. The maximum Gasteiger partial charge on any atom is 0.345 e.